The second-order valence-electron chi connectivity index (χ2n) is 3.54. The van der Waals surface area contributed by atoms with Gasteiger partial charge in [0.05, 0.1) is 0 Å². The second-order valence-corrected chi connectivity index (χ2v) is 3.54. The lowest BCUT2D eigenvalue weighted by atomic mass is 10.2. The van der Waals surface area contributed by atoms with Gasteiger partial charge in [-0.05, 0) is 26.7 Å². The first-order chi connectivity index (χ1) is 5.63. The summed E-state index contributed by atoms with van der Waals surface area (Å²) in [6, 6.07) is 0.647. The van der Waals surface area contributed by atoms with E-state index in [1.54, 1.807) is 0 Å². The molecule has 1 atom stereocenters. The Kier molecular flexibility index (Phi) is 5.87. The van der Waals surface area contributed by atoms with E-state index < -0.39 is 0 Å². The van der Waals surface area contributed by atoms with Crippen molar-refractivity contribution in [2.24, 2.45) is 0 Å². The van der Waals surface area contributed by atoms with Crippen LogP contribution in [0.5, 0.6) is 0 Å². The van der Waals surface area contributed by atoms with Crippen molar-refractivity contribution in [3.8, 4) is 0 Å². The van der Waals surface area contributed by atoms with Crippen LogP contribution in [0.3, 0.4) is 0 Å². The molecule has 1 unspecified atom stereocenters. The van der Waals surface area contributed by atoms with E-state index in [2.05, 4.69) is 39.2 Å². The minimum absolute atomic E-state index is 0.647. The standard InChI is InChI=1S/C11H23N/c1-6-8-9-12(10(3)4)11(5)7-2/h11H,3,6-9H2,1-2,4-5H3. The summed E-state index contributed by atoms with van der Waals surface area (Å²) >= 11 is 0. The molecule has 0 aliphatic rings. The molecule has 0 rings (SSSR count). The third kappa shape index (κ3) is 3.80. The number of rotatable bonds is 6. The lowest BCUT2D eigenvalue weighted by Gasteiger charge is -2.30. The highest BCUT2D eigenvalue weighted by molar-refractivity contribution is 4.90. The van der Waals surface area contributed by atoms with Gasteiger partial charge in [0.1, 0.15) is 0 Å². The molecule has 0 radical (unpaired) electrons. The van der Waals surface area contributed by atoms with Gasteiger partial charge in [-0.15, -0.1) is 0 Å². The summed E-state index contributed by atoms with van der Waals surface area (Å²) in [6.45, 7) is 14.0. The van der Waals surface area contributed by atoms with Gasteiger partial charge >= 0.3 is 0 Å². The van der Waals surface area contributed by atoms with Gasteiger partial charge in [-0.1, -0.05) is 26.8 Å². The van der Waals surface area contributed by atoms with Crippen molar-refractivity contribution >= 4 is 0 Å². The molecule has 0 amide bonds. The summed E-state index contributed by atoms with van der Waals surface area (Å²) < 4.78 is 0. The number of hydrogen-bond donors (Lipinski definition) is 0. The van der Waals surface area contributed by atoms with E-state index >= 15 is 0 Å². The van der Waals surface area contributed by atoms with E-state index in [4.69, 9.17) is 0 Å². The summed E-state index contributed by atoms with van der Waals surface area (Å²) in [7, 11) is 0. The Morgan fingerprint density at radius 3 is 2.33 bits per heavy atom. The molecule has 0 aromatic rings. The third-order valence-corrected chi connectivity index (χ3v) is 2.37. The van der Waals surface area contributed by atoms with Crippen molar-refractivity contribution < 1.29 is 0 Å². The zero-order chi connectivity index (χ0) is 9.56. The fourth-order valence-corrected chi connectivity index (χ4v) is 1.34. The van der Waals surface area contributed by atoms with E-state index in [-0.39, 0.29) is 0 Å². The number of nitrogens with zero attached hydrogens (tertiary/aromatic N) is 1. The van der Waals surface area contributed by atoms with Gasteiger partial charge in [0.2, 0.25) is 0 Å². The van der Waals surface area contributed by atoms with Crippen LogP contribution < -0.4 is 0 Å². The third-order valence-electron chi connectivity index (χ3n) is 2.37. The molecule has 0 aliphatic carbocycles. The van der Waals surface area contributed by atoms with Crippen molar-refractivity contribution in [3.05, 3.63) is 12.3 Å². The summed E-state index contributed by atoms with van der Waals surface area (Å²) in [5.41, 5.74) is 1.21. The first kappa shape index (κ1) is 11.5. The summed E-state index contributed by atoms with van der Waals surface area (Å²) in [4.78, 5) is 2.41. The molecule has 0 aromatic heterocycles. The lowest BCUT2D eigenvalue weighted by Crippen LogP contribution is -2.31. The number of allylic oxidation sites excluding steroid dienone is 1. The van der Waals surface area contributed by atoms with Gasteiger partial charge in [-0.25, -0.2) is 0 Å². The Bertz CT molecular complexity index is 129. The maximum Gasteiger partial charge on any atom is 0.0255 e. The minimum Gasteiger partial charge on any atom is -0.373 e. The van der Waals surface area contributed by atoms with E-state index in [0.29, 0.717) is 6.04 Å². The average Bonchev–Trinajstić information content (AvgIpc) is 2.04. The Labute approximate surface area is 77.5 Å². The van der Waals surface area contributed by atoms with Crippen molar-refractivity contribution in [3.63, 3.8) is 0 Å². The van der Waals surface area contributed by atoms with E-state index in [9.17, 15) is 0 Å². The van der Waals surface area contributed by atoms with Gasteiger partial charge < -0.3 is 4.90 Å². The zero-order valence-corrected chi connectivity index (χ0v) is 9.06. The maximum absolute atomic E-state index is 4.00. The molecular weight excluding hydrogens is 146 g/mol. The summed E-state index contributed by atoms with van der Waals surface area (Å²) in [6.07, 6.45) is 3.74. The van der Waals surface area contributed by atoms with Crippen LogP contribution in [-0.2, 0) is 0 Å². The van der Waals surface area contributed by atoms with Gasteiger partial charge in [0.15, 0.2) is 0 Å². The van der Waals surface area contributed by atoms with Crippen LogP contribution in [0.1, 0.15) is 47.0 Å². The maximum atomic E-state index is 4.00. The molecule has 0 N–H and O–H groups in total. The van der Waals surface area contributed by atoms with E-state index in [1.165, 1.54) is 31.5 Å². The van der Waals surface area contributed by atoms with Crippen LogP contribution >= 0.6 is 0 Å². The number of unbranched alkanes of at least 4 members (excludes halogenated alkanes) is 1. The molecule has 0 bridgehead atoms. The lowest BCUT2D eigenvalue weighted by molar-refractivity contribution is 0.259. The molecular formula is C11H23N. The van der Waals surface area contributed by atoms with Crippen LogP contribution in [0.25, 0.3) is 0 Å². The average molecular weight is 169 g/mol. The fraction of sp³-hybridized carbons (Fsp3) is 0.818. The molecule has 0 saturated heterocycles. The Hall–Kier alpha value is -0.460. The van der Waals surface area contributed by atoms with Crippen LogP contribution in [-0.4, -0.2) is 17.5 Å². The molecule has 12 heavy (non-hydrogen) atoms. The molecule has 0 heterocycles. The first-order valence-electron chi connectivity index (χ1n) is 5.05. The molecule has 0 spiro atoms. The topological polar surface area (TPSA) is 3.24 Å². The van der Waals surface area contributed by atoms with Crippen LogP contribution in [0.4, 0.5) is 0 Å². The van der Waals surface area contributed by atoms with E-state index in [0.717, 1.165) is 0 Å². The summed E-state index contributed by atoms with van der Waals surface area (Å²) in [5.74, 6) is 0. The van der Waals surface area contributed by atoms with Crippen molar-refractivity contribution in [2.45, 2.75) is 53.0 Å². The highest BCUT2D eigenvalue weighted by Gasteiger charge is 2.09. The molecule has 0 saturated carbocycles. The zero-order valence-electron chi connectivity index (χ0n) is 9.06. The predicted molar refractivity (Wildman–Crippen MR) is 56.2 cm³/mol. The molecule has 0 aliphatic heterocycles. The highest BCUT2D eigenvalue weighted by atomic mass is 15.2. The molecule has 72 valence electrons. The first-order valence-corrected chi connectivity index (χ1v) is 5.05. The quantitative estimate of drug-likeness (QED) is 0.589. The van der Waals surface area contributed by atoms with Gasteiger partial charge in [-0.3, -0.25) is 0 Å². The summed E-state index contributed by atoms with van der Waals surface area (Å²) in [5, 5.41) is 0. The number of hydrogen-bond acceptors (Lipinski definition) is 1. The van der Waals surface area contributed by atoms with Gasteiger partial charge in [0.25, 0.3) is 0 Å². The van der Waals surface area contributed by atoms with Crippen LogP contribution in [0.15, 0.2) is 12.3 Å². The van der Waals surface area contributed by atoms with Crippen molar-refractivity contribution in [1.29, 1.82) is 0 Å². The van der Waals surface area contributed by atoms with Gasteiger partial charge in [-0.2, -0.15) is 0 Å². The SMILES string of the molecule is C=C(C)N(CCCC)C(C)CC. The fourth-order valence-electron chi connectivity index (χ4n) is 1.34. The van der Waals surface area contributed by atoms with E-state index in [1.807, 2.05) is 0 Å². The molecule has 0 aromatic carbocycles. The minimum atomic E-state index is 0.647. The largest absolute Gasteiger partial charge is 0.373 e. The second kappa shape index (κ2) is 6.10. The van der Waals surface area contributed by atoms with Crippen LogP contribution in [0.2, 0.25) is 0 Å². The Morgan fingerprint density at radius 2 is 2.00 bits per heavy atom. The molecule has 1 heteroatoms. The normalized spacial score (nSPS) is 12.7. The predicted octanol–water partition coefficient (Wildman–Crippen LogP) is 3.42. The highest BCUT2D eigenvalue weighted by Crippen LogP contribution is 2.11. The smallest absolute Gasteiger partial charge is 0.0255 e. The van der Waals surface area contributed by atoms with Gasteiger partial charge in [0, 0.05) is 18.3 Å². The van der Waals surface area contributed by atoms with Crippen molar-refractivity contribution in [2.75, 3.05) is 6.54 Å². The van der Waals surface area contributed by atoms with Crippen LogP contribution in [0, 0.1) is 0 Å². The Balaban J connectivity index is 3.94. The Morgan fingerprint density at radius 1 is 1.42 bits per heavy atom. The molecule has 0 fully saturated rings. The van der Waals surface area contributed by atoms with Crippen molar-refractivity contribution in [1.82, 2.24) is 4.90 Å². The molecule has 1 nitrogen and oxygen atoms in total. The monoisotopic (exact) mass is 169 g/mol.